The molecule has 0 saturated carbocycles. The molecular weight excluding hydrogens is 384 g/mol. The molecule has 0 atom stereocenters. The molecule has 0 aliphatic carbocycles. The lowest BCUT2D eigenvalue weighted by Crippen LogP contribution is -2.00. The van der Waals surface area contributed by atoms with Gasteiger partial charge in [-0.3, -0.25) is 0 Å². The van der Waals surface area contributed by atoms with Crippen LogP contribution >= 0.6 is 0 Å². The summed E-state index contributed by atoms with van der Waals surface area (Å²) < 4.78 is 4.80. The van der Waals surface area contributed by atoms with E-state index in [4.69, 9.17) is 9.72 Å². The Hall–Kier alpha value is -4.18. The Labute approximate surface area is 180 Å². The molecule has 4 heteroatoms. The molecule has 4 nitrogen and oxygen atoms in total. The molecule has 31 heavy (non-hydrogen) atoms. The van der Waals surface area contributed by atoms with Gasteiger partial charge in [0.2, 0.25) is 0 Å². The fourth-order valence-corrected chi connectivity index (χ4v) is 3.82. The maximum Gasteiger partial charge on any atom is 0.337 e. The number of benzene rings is 4. The van der Waals surface area contributed by atoms with Gasteiger partial charge in [-0.2, -0.15) is 0 Å². The summed E-state index contributed by atoms with van der Waals surface area (Å²) in [4.78, 5) is 20.3. The average molecular weight is 404 g/mol. The molecule has 0 spiro atoms. The summed E-state index contributed by atoms with van der Waals surface area (Å²) in [5.41, 5.74) is 7.73. The third-order valence-electron chi connectivity index (χ3n) is 5.39. The number of esters is 1. The molecule has 150 valence electrons. The van der Waals surface area contributed by atoms with Crippen molar-refractivity contribution in [3.8, 4) is 33.6 Å². The third kappa shape index (κ3) is 3.49. The topological polar surface area (TPSA) is 55.0 Å². The van der Waals surface area contributed by atoms with Crippen LogP contribution in [-0.4, -0.2) is 23.0 Å². The predicted octanol–water partition coefficient (Wildman–Crippen LogP) is 6.35. The van der Waals surface area contributed by atoms with Gasteiger partial charge in [0, 0.05) is 16.7 Å². The van der Waals surface area contributed by atoms with Gasteiger partial charge in [0.1, 0.15) is 5.82 Å². The number of aromatic nitrogens is 2. The van der Waals surface area contributed by atoms with Crippen molar-refractivity contribution < 1.29 is 9.53 Å². The standard InChI is InChI=1S/C27H20N2O2/c1-31-27(30)21-14-12-20(13-15-21)26-28-24-22(18-8-4-2-5-9-18)16-17-23(25(24)29-26)19-10-6-3-7-11-19/h2-17H,1H3,(H,28,29). The van der Waals surface area contributed by atoms with E-state index in [1.165, 1.54) is 7.11 Å². The number of H-pyrrole nitrogens is 1. The lowest BCUT2D eigenvalue weighted by molar-refractivity contribution is 0.0601. The number of hydrogen-bond acceptors (Lipinski definition) is 3. The Morgan fingerprint density at radius 1 is 0.710 bits per heavy atom. The first-order valence-corrected chi connectivity index (χ1v) is 10.1. The Morgan fingerprint density at radius 3 is 1.90 bits per heavy atom. The van der Waals surface area contributed by atoms with Crippen molar-refractivity contribution in [1.82, 2.24) is 9.97 Å². The van der Waals surface area contributed by atoms with Crippen molar-refractivity contribution in [2.24, 2.45) is 0 Å². The van der Waals surface area contributed by atoms with Crippen molar-refractivity contribution in [3.05, 3.63) is 103 Å². The SMILES string of the molecule is COC(=O)c1ccc(-c2nc3c(-c4ccccc4)ccc(-c4ccccc4)c3[nH]2)cc1. The highest BCUT2D eigenvalue weighted by molar-refractivity contribution is 6.02. The molecule has 0 saturated heterocycles. The number of ether oxygens (including phenoxy) is 1. The zero-order valence-electron chi connectivity index (χ0n) is 17.0. The molecule has 4 aromatic carbocycles. The molecule has 5 aromatic rings. The van der Waals surface area contributed by atoms with E-state index in [0.717, 1.165) is 44.7 Å². The minimum atomic E-state index is -0.353. The third-order valence-corrected chi connectivity index (χ3v) is 5.39. The van der Waals surface area contributed by atoms with E-state index in [1.54, 1.807) is 12.1 Å². The van der Waals surface area contributed by atoms with Gasteiger partial charge in [-0.25, -0.2) is 9.78 Å². The van der Waals surface area contributed by atoms with Crippen molar-refractivity contribution in [2.45, 2.75) is 0 Å². The molecule has 5 rings (SSSR count). The van der Waals surface area contributed by atoms with Crippen LogP contribution in [0.2, 0.25) is 0 Å². The van der Waals surface area contributed by atoms with E-state index < -0.39 is 0 Å². The number of carbonyl (C=O) groups excluding carboxylic acids is 1. The smallest absolute Gasteiger partial charge is 0.337 e. The van der Waals surface area contributed by atoms with Crippen LogP contribution in [0.5, 0.6) is 0 Å². The van der Waals surface area contributed by atoms with E-state index in [1.807, 2.05) is 48.5 Å². The predicted molar refractivity (Wildman–Crippen MR) is 124 cm³/mol. The fourth-order valence-electron chi connectivity index (χ4n) is 3.82. The molecule has 0 bridgehead atoms. The Morgan fingerprint density at radius 2 is 1.29 bits per heavy atom. The summed E-state index contributed by atoms with van der Waals surface area (Å²) in [7, 11) is 1.38. The minimum Gasteiger partial charge on any atom is -0.465 e. The van der Waals surface area contributed by atoms with Gasteiger partial charge in [0.25, 0.3) is 0 Å². The molecule has 0 fully saturated rings. The fraction of sp³-hybridized carbons (Fsp3) is 0.0370. The second-order valence-corrected chi connectivity index (χ2v) is 7.27. The number of imidazole rings is 1. The summed E-state index contributed by atoms with van der Waals surface area (Å²) in [6.45, 7) is 0. The Balaban J connectivity index is 1.70. The van der Waals surface area contributed by atoms with Crippen LogP contribution < -0.4 is 0 Å². The second-order valence-electron chi connectivity index (χ2n) is 7.27. The lowest BCUT2D eigenvalue weighted by Gasteiger charge is -2.07. The van der Waals surface area contributed by atoms with Crippen molar-refractivity contribution in [3.63, 3.8) is 0 Å². The van der Waals surface area contributed by atoms with Crippen molar-refractivity contribution >= 4 is 17.0 Å². The van der Waals surface area contributed by atoms with Crippen LogP contribution in [0, 0.1) is 0 Å². The number of aromatic amines is 1. The second kappa shape index (κ2) is 7.92. The zero-order valence-corrected chi connectivity index (χ0v) is 17.0. The van der Waals surface area contributed by atoms with Gasteiger partial charge in [0.05, 0.1) is 23.7 Å². The average Bonchev–Trinajstić information content (AvgIpc) is 3.29. The van der Waals surface area contributed by atoms with Crippen LogP contribution in [0.1, 0.15) is 10.4 Å². The van der Waals surface area contributed by atoms with Gasteiger partial charge < -0.3 is 9.72 Å². The molecule has 0 aliphatic rings. The van der Waals surface area contributed by atoms with E-state index >= 15 is 0 Å². The first-order chi connectivity index (χ1) is 15.2. The van der Waals surface area contributed by atoms with Gasteiger partial charge >= 0.3 is 5.97 Å². The number of methoxy groups -OCH3 is 1. The molecule has 0 aliphatic heterocycles. The van der Waals surface area contributed by atoms with Gasteiger partial charge in [-0.05, 0) is 23.3 Å². The Kier molecular flexibility index (Phi) is 4.81. The number of carbonyl (C=O) groups is 1. The number of nitrogens with one attached hydrogen (secondary N) is 1. The highest BCUT2D eigenvalue weighted by Gasteiger charge is 2.15. The number of nitrogens with zero attached hydrogens (tertiary/aromatic N) is 1. The Bertz CT molecular complexity index is 1280. The molecule has 0 unspecified atom stereocenters. The van der Waals surface area contributed by atoms with Crippen LogP contribution in [-0.2, 0) is 4.74 Å². The van der Waals surface area contributed by atoms with Crippen LogP contribution in [0.4, 0.5) is 0 Å². The molecule has 0 amide bonds. The van der Waals surface area contributed by atoms with Crippen LogP contribution in [0.25, 0.3) is 44.7 Å². The van der Waals surface area contributed by atoms with Gasteiger partial charge in [0.15, 0.2) is 0 Å². The van der Waals surface area contributed by atoms with E-state index in [9.17, 15) is 4.79 Å². The summed E-state index contributed by atoms with van der Waals surface area (Å²) in [5, 5.41) is 0. The first kappa shape index (κ1) is 18.8. The molecule has 1 N–H and O–H groups in total. The molecular formula is C27H20N2O2. The summed E-state index contributed by atoms with van der Waals surface area (Å²) in [6, 6.07) is 32.1. The van der Waals surface area contributed by atoms with Crippen molar-refractivity contribution in [2.75, 3.05) is 7.11 Å². The summed E-state index contributed by atoms with van der Waals surface area (Å²) in [5.74, 6) is 0.404. The van der Waals surface area contributed by atoms with Gasteiger partial charge in [-0.15, -0.1) is 0 Å². The highest BCUT2D eigenvalue weighted by Crippen LogP contribution is 2.36. The number of rotatable bonds is 4. The number of hydrogen-bond donors (Lipinski definition) is 1. The van der Waals surface area contributed by atoms with Crippen molar-refractivity contribution in [1.29, 1.82) is 0 Å². The largest absolute Gasteiger partial charge is 0.465 e. The van der Waals surface area contributed by atoms with E-state index in [0.29, 0.717) is 5.56 Å². The van der Waals surface area contributed by atoms with Crippen LogP contribution in [0.15, 0.2) is 97.1 Å². The summed E-state index contributed by atoms with van der Waals surface area (Å²) in [6.07, 6.45) is 0. The minimum absolute atomic E-state index is 0.353. The normalized spacial score (nSPS) is 10.9. The van der Waals surface area contributed by atoms with Gasteiger partial charge in [-0.1, -0.05) is 84.9 Å². The monoisotopic (exact) mass is 404 g/mol. The quantitative estimate of drug-likeness (QED) is 0.355. The zero-order chi connectivity index (χ0) is 21.2. The maximum absolute atomic E-state index is 11.8. The summed E-state index contributed by atoms with van der Waals surface area (Å²) >= 11 is 0. The molecule has 1 heterocycles. The van der Waals surface area contributed by atoms with E-state index in [-0.39, 0.29) is 5.97 Å². The molecule has 1 aromatic heterocycles. The highest BCUT2D eigenvalue weighted by atomic mass is 16.5. The maximum atomic E-state index is 11.8. The van der Waals surface area contributed by atoms with Crippen LogP contribution in [0.3, 0.4) is 0 Å². The lowest BCUT2D eigenvalue weighted by atomic mass is 9.98. The number of fused-ring (bicyclic) bond motifs is 1. The molecule has 0 radical (unpaired) electrons. The van der Waals surface area contributed by atoms with E-state index in [2.05, 4.69) is 41.4 Å². The first-order valence-electron chi connectivity index (χ1n) is 10.1.